The molecular weight excluding hydrogens is 271 g/mol. The molecule has 1 aromatic carbocycles. The molecule has 21 heavy (non-hydrogen) atoms. The summed E-state index contributed by atoms with van der Waals surface area (Å²) in [6.07, 6.45) is 2.39. The quantitative estimate of drug-likeness (QED) is 0.643. The highest BCUT2D eigenvalue weighted by atomic mass is 19.1. The average Bonchev–Trinajstić information content (AvgIpc) is 2.81. The number of carbonyl (C=O) groups excluding carboxylic acids is 1. The van der Waals surface area contributed by atoms with Crippen molar-refractivity contribution in [2.24, 2.45) is 10.1 Å². The molecule has 1 aromatic rings. The molecule has 1 aliphatic heterocycles. The van der Waals surface area contributed by atoms with Gasteiger partial charge >= 0.3 is 0 Å². The summed E-state index contributed by atoms with van der Waals surface area (Å²) in [5, 5.41) is 6.95. The summed E-state index contributed by atoms with van der Waals surface area (Å²) >= 11 is 0. The standard InChI is InChI=1S/C15H17FN4O/c1-3-13(21)8-14-10(2)18-15(19-14)20-17-9-11-4-6-12(16)7-5-11/h4-7,9,14H,2-3,8H2,1H3,(H2,18,19,20)/b17-9+. The molecule has 0 saturated heterocycles. The Balaban J connectivity index is 1.91. The van der Waals surface area contributed by atoms with Crippen molar-refractivity contribution < 1.29 is 9.18 Å². The Bertz CT molecular complexity index is 592. The van der Waals surface area contributed by atoms with E-state index in [0.717, 1.165) is 5.56 Å². The van der Waals surface area contributed by atoms with Gasteiger partial charge in [0.2, 0.25) is 5.96 Å². The lowest BCUT2D eigenvalue weighted by Crippen LogP contribution is -2.29. The van der Waals surface area contributed by atoms with E-state index in [2.05, 4.69) is 27.4 Å². The molecule has 5 nitrogen and oxygen atoms in total. The number of hydrogen-bond donors (Lipinski definition) is 2. The van der Waals surface area contributed by atoms with Gasteiger partial charge in [-0.1, -0.05) is 25.6 Å². The van der Waals surface area contributed by atoms with Crippen LogP contribution in [0.1, 0.15) is 25.3 Å². The summed E-state index contributed by atoms with van der Waals surface area (Å²) in [5.74, 6) is 0.303. The van der Waals surface area contributed by atoms with E-state index in [1.165, 1.54) is 12.1 Å². The maximum absolute atomic E-state index is 12.7. The van der Waals surface area contributed by atoms with Crippen LogP contribution in [0.25, 0.3) is 0 Å². The Kier molecular flexibility index (Phi) is 4.81. The smallest absolute Gasteiger partial charge is 0.217 e. The molecule has 0 aliphatic carbocycles. The van der Waals surface area contributed by atoms with Crippen LogP contribution in [0.15, 0.2) is 46.6 Å². The van der Waals surface area contributed by atoms with Gasteiger partial charge in [0.1, 0.15) is 11.6 Å². The van der Waals surface area contributed by atoms with Crippen LogP contribution in [0.5, 0.6) is 0 Å². The first kappa shape index (κ1) is 14.9. The Morgan fingerprint density at radius 2 is 2.24 bits per heavy atom. The number of hydrogen-bond acceptors (Lipinski definition) is 5. The lowest BCUT2D eigenvalue weighted by Gasteiger charge is -2.05. The second-order valence-corrected chi connectivity index (χ2v) is 4.66. The van der Waals surface area contributed by atoms with E-state index in [4.69, 9.17) is 0 Å². The van der Waals surface area contributed by atoms with E-state index in [0.29, 0.717) is 24.5 Å². The molecule has 2 rings (SSSR count). The topological polar surface area (TPSA) is 65.8 Å². The van der Waals surface area contributed by atoms with E-state index < -0.39 is 0 Å². The maximum atomic E-state index is 12.7. The van der Waals surface area contributed by atoms with Crippen molar-refractivity contribution in [3.63, 3.8) is 0 Å². The van der Waals surface area contributed by atoms with Crippen LogP contribution < -0.4 is 10.7 Å². The van der Waals surface area contributed by atoms with Crippen LogP contribution in [-0.2, 0) is 4.79 Å². The molecule has 0 radical (unpaired) electrons. The van der Waals surface area contributed by atoms with E-state index >= 15 is 0 Å². The molecule has 6 heteroatoms. The van der Waals surface area contributed by atoms with Crippen LogP contribution in [0.4, 0.5) is 4.39 Å². The molecule has 0 amide bonds. The van der Waals surface area contributed by atoms with Gasteiger partial charge in [0, 0.05) is 18.5 Å². The average molecular weight is 288 g/mol. The number of Topliss-reactive ketones (excluding diaryl/α,β-unsaturated/α-hetero) is 1. The number of hydrazone groups is 1. The predicted molar refractivity (Wildman–Crippen MR) is 80.5 cm³/mol. The minimum absolute atomic E-state index is 0.141. The Morgan fingerprint density at radius 3 is 2.90 bits per heavy atom. The van der Waals surface area contributed by atoms with Crippen LogP contribution in [0, 0.1) is 5.82 Å². The lowest BCUT2D eigenvalue weighted by atomic mass is 10.1. The summed E-state index contributed by atoms with van der Waals surface area (Å²) in [6.45, 7) is 5.66. The molecule has 110 valence electrons. The second kappa shape index (κ2) is 6.78. The monoisotopic (exact) mass is 288 g/mol. The number of nitrogens with zero attached hydrogens (tertiary/aromatic N) is 2. The minimum atomic E-state index is -0.290. The zero-order valence-electron chi connectivity index (χ0n) is 11.8. The van der Waals surface area contributed by atoms with Crippen molar-refractivity contribution >= 4 is 18.0 Å². The molecule has 1 atom stereocenters. The number of halogens is 1. The highest BCUT2D eigenvalue weighted by molar-refractivity contribution is 5.88. The van der Waals surface area contributed by atoms with Crippen molar-refractivity contribution in [2.75, 3.05) is 0 Å². The van der Waals surface area contributed by atoms with Gasteiger partial charge in [0.05, 0.1) is 12.3 Å². The summed E-state index contributed by atoms with van der Waals surface area (Å²) < 4.78 is 12.7. The molecule has 0 saturated carbocycles. The molecule has 1 heterocycles. The summed E-state index contributed by atoms with van der Waals surface area (Å²) in [4.78, 5) is 15.7. The third-order valence-electron chi connectivity index (χ3n) is 3.04. The summed E-state index contributed by atoms with van der Waals surface area (Å²) in [7, 11) is 0. The van der Waals surface area contributed by atoms with Gasteiger partial charge in [-0.15, -0.1) is 0 Å². The van der Waals surface area contributed by atoms with Gasteiger partial charge in [-0.3, -0.25) is 4.79 Å². The second-order valence-electron chi connectivity index (χ2n) is 4.66. The Hall–Kier alpha value is -2.50. The van der Waals surface area contributed by atoms with Crippen molar-refractivity contribution in [3.8, 4) is 0 Å². The molecule has 2 N–H and O–H groups in total. The highest BCUT2D eigenvalue weighted by Gasteiger charge is 2.22. The molecule has 0 aromatic heterocycles. The van der Waals surface area contributed by atoms with Gasteiger partial charge < -0.3 is 5.32 Å². The number of benzene rings is 1. The lowest BCUT2D eigenvalue weighted by molar-refractivity contribution is -0.118. The van der Waals surface area contributed by atoms with Crippen molar-refractivity contribution in [2.45, 2.75) is 25.8 Å². The molecule has 0 spiro atoms. The first-order chi connectivity index (χ1) is 10.1. The fourth-order valence-electron chi connectivity index (χ4n) is 1.80. The third-order valence-corrected chi connectivity index (χ3v) is 3.04. The Labute approximate surface area is 122 Å². The SMILES string of the molecule is C=C1NC(N/N=C/c2ccc(F)cc2)=NC1CC(=O)CC. The van der Waals surface area contributed by atoms with E-state index in [9.17, 15) is 9.18 Å². The number of ketones is 1. The molecule has 1 aliphatic rings. The van der Waals surface area contributed by atoms with Gasteiger partial charge in [-0.25, -0.2) is 14.8 Å². The fourth-order valence-corrected chi connectivity index (χ4v) is 1.80. The number of aliphatic imine (C=N–C) groups is 1. The predicted octanol–water partition coefficient (Wildman–Crippen LogP) is 1.96. The maximum Gasteiger partial charge on any atom is 0.217 e. The molecule has 0 bridgehead atoms. The number of nitrogens with one attached hydrogen (secondary N) is 2. The zero-order chi connectivity index (χ0) is 15.2. The van der Waals surface area contributed by atoms with E-state index in [1.807, 2.05) is 6.92 Å². The van der Waals surface area contributed by atoms with Crippen molar-refractivity contribution in [1.29, 1.82) is 0 Å². The van der Waals surface area contributed by atoms with Crippen molar-refractivity contribution in [3.05, 3.63) is 47.9 Å². The number of carbonyl (C=O) groups is 1. The largest absolute Gasteiger partial charge is 0.327 e. The van der Waals surface area contributed by atoms with Crippen molar-refractivity contribution in [1.82, 2.24) is 10.7 Å². The van der Waals surface area contributed by atoms with Crippen LogP contribution >= 0.6 is 0 Å². The molecular formula is C15H17FN4O. The van der Waals surface area contributed by atoms with Gasteiger partial charge in [0.15, 0.2) is 0 Å². The zero-order valence-corrected chi connectivity index (χ0v) is 11.8. The van der Waals surface area contributed by atoms with E-state index in [1.54, 1.807) is 18.3 Å². The third kappa shape index (κ3) is 4.24. The van der Waals surface area contributed by atoms with Crippen LogP contribution in [0.2, 0.25) is 0 Å². The summed E-state index contributed by atoms with van der Waals surface area (Å²) in [6, 6.07) is 5.71. The number of guanidine groups is 1. The number of rotatable bonds is 5. The fraction of sp³-hybridized carbons (Fsp3) is 0.267. The minimum Gasteiger partial charge on any atom is -0.327 e. The van der Waals surface area contributed by atoms with Gasteiger partial charge in [0.25, 0.3) is 0 Å². The molecule has 0 fully saturated rings. The normalized spacial score (nSPS) is 17.7. The first-order valence-corrected chi connectivity index (χ1v) is 6.68. The van der Waals surface area contributed by atoms with Gasteiger partial charge in [-0.05, 0) is 17.7 Å². The first-order valence-electron chi connectivity index (χ1n) is 6.68. The van der Waals surface area contributed by atoms with Crippen LogP contribution in [0.3, 0.4) is 0 Å². The highest BCUT2D eigenvalue weighted by Crippen LogP contribution is 2.13. The van der Waals surface area contributed by atoms with Crippen LogP contribution in [-0.4, -0.2) is 24.0 Å². The summed E-state index contributed by atoms with van der Waals surface area (Å²) in [5.41, 5.74) is 4.18. The van der Waals surface area contributed by atoms with E-state index in [-0.39, 0.29) is 17.6 Å². The molecule has 1 unspecified atom stereocenters. The Morgan fingerprint density at radius 1 is 1.52 bits per heavy atom. The van der Waals surface area contributed by atoms with Gasteiger partial charge in [-0.2, -0.15) is 5.10 Å².